The van der Waals surface area contributed by atoms with Crippen LogP contribution in [0.5, 0.6) is 0 Å². The van der Waals surface area contributed by atoms with E-state index in [1.54, 1.807) is 31.7 Å². The second-order valence-electron chi connectivity index (χ2n) is 6.92. The van der Waals surface area contributed by atoms with Gasteiger partial charge < -0.3 is 10.1 Å². The van der Waals surface area contributed by atoms with Crippen molar-refractivity contribution >= 4 is 11.7 Å². The van der Waals surface area contributed by atoms with Crippen LogP contribution in [-0.2, 0) is 4.74 Å². The minimum atomic E-state index is -1.03. The first kappa shape index (κ1) is 17.6. The Morgan fingerprint density at radius 2 is 2.15 bits per heavy atom. The molecule has 0 saturated heterocycles. The molecule has 1 aromatic heterocycles. The normalized spacial score (nSPS) is 29.7. The summed E-state index contributed by atoms with van der Waals surface area (Å²) in [5.41, 5.74) is 2.00. The molecular formula is C21H23FN4O. The van der Waals surface area contributed by atoms with E-state index in [1.165, 1.54) is 0 Å². The Kier molecular flexibility index (Phi) is 4.88. The van der Waals surface area contributed by atoms with Crippen LogP contribution in [0.4, 0.5) is 4.39 Å². The smallest absolute Gasteiger partial charge is 0.158 e. The molecule has 0 saturated carbocycles. The highest BCUT2D eigenvalue weighted by Gasteiger charge is 2.35. The molecule has 0 radical (unpaired) electrons. The van der Waals surface area contributed by atoms with E-state index in [0.717, 1.165) is 29.8 Å². The van der Waals surface area contributed by atoms with Gasteiger partial charge in [0.05, 0.1) is 19.1 Å². The Morgan fingerprint density at radius 3 is 2.89 bits per heavy atom. The molecule has 140 valence electrons. The van der Waals surface area contributed by atoms with Crippen LogP contribution in [-0.4, -0.2) is 43.0 Å². The molecule has 1 aromatic rings. The van der Waals surface area contributed by atoms with Crippen LogP contribution in [0.15, 0.2) is 70.1 Å². The maximum absolute atomic E-state index is 14.5. The van der Waals surface area contributed by atoms with Crippen molar-refractivity contribution < 1.29 is 9.13 Å². The molecule has 4 unspecified atom stereocenters. The SMILES string of the molecule is CNC1=NC(c2cccnc2)=NC2CCC(C3C=C(OC)C=CC3F)=CC12. The van der Waals surface area contributed by atoms with Gasteiger partial charge >= 0.3 is 0 Å². The third-order valence-electron chi connectivity index (χ3n) is 5.34. The molecule has 0 spiro atoms. The Bertz CT molecular complexity index is 856. The summed E-state index contributed by atoms with van der Waals surface area (Å²) in [6.07, 6.45) is 11.5. The van der Waals surface area contributed by atoms with Crippen LogP contribution >= 0.6 is 0 Å². The summed E-state index contributed by atoms with van der Waals surface area (Å²) in [6.45, 7) is 0. The summed E-state index contributed by atoms with van der Waals surface area (Å²) in [7, 11) is 3.48. The summed E-state index contributed by atoms with van der Waals surface area (Å²) in [5.74, 6) is 2.03. The number of alkyl halides is 1. The van der Waals surface area contributed by atoms with Crippen LogP contribution in [0.3, 0.4) is 0 Å². The molecular weight excluding hydrogens is 343 g/mol. The number of nitrogens with one attached hydrogen (secondary N) is 1. The highest BCUT2D eigenvalue weighted by Crippen LogP contribution is 2.37. The summed E-state index contributed by atoms with van der Waals surface area (Å²) < 4.78 is 19.8. The second kappa shape index (κ2) is 7.47. The van der Waals surface area contributed by atoms with Gasteiger partial charge in [0.15, 0.2) is 5.84 Å². The van der Waals surface area contributed by atoms with Gasteiger partial charge in [-0.15, -0.1) is 0 Å². The number of hydrogen-bond acceptors (Lipinski definition) is 5. The van der Waals surface area contributed by atoms with Crippen molar-refractivity contribution in [3.63, 3.8) is 0 Å². The lowest BCUT2D eigenvalue weighted by Crippen LogP contribution is -2.40. The van der Waals surface area contributed by atoms with Gasteiger partial charge in [0.1, 0.15) is 17.8 Å². The van der Waals surface area contributed by atoms with Gasteiger partial charge in [-0.25, -0.2) is 9.38 Å². The van der Waals surface area contributed by atoms with Gasteiger partial charge in [-0.2, -0.15) is 0 Å². The Labute approximate surface area is 158 Å². The average Bonchev–Trinajstić information content (AvgIpc) is 2.73. The van der Waals surface area contributed by atoms with E-state index in [1.807, 2.05) is 25.3 Å². The lowest BCUT2D eigenvalue weighted by Gasteiger charge is -2.34. The van der Waals surface area contributed by atoms with E-state index >= 15 is 0 Å². The van der Waals surface area contributed by atoms with E-state index in [2.05, 4.69) is 16.4 Å². The molecule has 0 aromatic carbocycles. The molecule has 2 heterocycles. The molecule has 5 nitrogen and oxygen atoms in total. The summed E-state index contributed by atoms with van der Waals surface area (Å²) >= 11 is 0. The first-order chi connectivity index (χ1) is 13.2. The summed E-state index contributed by atoms with van der Waals surface area (Å²) in [5, 5.41) is 3.21. The zero-order valence-electron chi connectivity index (χ0n) is 15.5. The predicted octanol–water partition coefficient (Wildman–Crippen LogP) is 3.22. The van der Waals surface area contributed by atoms with Crippen molar-refractivity contribution in [2.24, 2.45) is 21.8 Å². The molecule has 3 aliphatic rings. The quantitative estimate of drug-likeness (QED) is 0.836. The zero-order valence-corrected chi connectivity index (χ0v) is 15.5. The van der Waals surface area contributed by atoms with Crippen molar-refractivity contribution in [3.8, 4) is 0 Å². The number of amidine groups is 2. The van der Waals surface area contributed by atoms with Crippen LogP contribution in [0, 0.1) is 11.8 Å². The summed E-state index contributed by atoms with van der Waals surface area (Å²) in [6, 6.07) is 3.95. The number of ether oxygens (including phenoxy) is 1. The van der Waals surface area contributed by atoms with E-state index in [0.29, 0.717) is 11.6 Å². The number of aromatic nitrogens is 1. The molecule has 4 rings (SSSR count). The molecule has 6 heteroatoms. The van der Waals surface area contributed by atoms with Gasteiger partial charge in [-0.1, -0.05) is 11.6 Å². The lowest BCUT2D eigenvalue weighted by atomic mass is 9.77. The average molecular weight is 366 g/mol. The number of allylic oxidation sites excluding steroid dienone is 4. The van der Waals surface area contributed by atoms with Crippen molar-refractivity contribution in [1.29, 1.82) is 0 Å². The van der Waals surface area contributed by atoms with Crippen molar-refractivity contribution in [2.45, 2.75) is 25.1 Å². The minimum absolute atomic E-state index is 0.0386. The standard InChI is InChI=1S/C21H23FN4O/c1-23-21-17-10-13(16-11-15(27-2)6-7-18(16)22)5-8-19(17)25-20(26-21)14-4-3-9-24-12-14/h3-4,6-7,9-12,16-19H,5,8H2,1-2H3,(H,23,25,26). The number of rotatable bonds is 3. The van der Waals surface area contributed by atoms with Crippen LogP contribution in [0.1, 0.15) is 18.4 Å². The number of pyridine rings is 1. The zero-order chi connectivity index (χ0) is 18.8. The second-order valence-corrected chi connectivity index (χ2v) is 6.92. The molecule has 0 amide bonds. The van der Waals surface area contributed by atoms with Gasteiger partial charge in [0, 0.05) is 30.9 Å². The van der Waals surface area contributed by atoms with E-state index in [-0.39, 0.29) is 17.9 Å². The van der Waals surface area contributed by atoms with Gasteiger partial charge in [0.2, 0.25) is 0 Å². The fourth-order valence-corrected chi connectivity index (χ4v) is 3.91. The maximum atomic E-state index is 14.5. The topological polar surface area (TPSA) is 58.9 Å². The number of nitrogens with zero attached hydrogens (tertiary/aromatic N) is 3. The van der Waals surface area contributed by atoms with E-state index in [9.17, 15) is 4.39 Å². The monoisotopic (exact) mass is 366 g/mol. The molecule has 4 atom stereocenters. The fourth-order valence-electron chi connectivity index (χ4n) is 3.91. The number of methoxy groups -OCH3 is 1. The van der Waals surface area contributed by atoms with Gasteiger partial charge in [-0.3, -0.25) is 9.98 Å². The number of aliphatic imine (C=N–C) groups is 2. The fraction of sp³-hybridized carbons (Fsp3) is 0.381. The molecule has 2 aliphatic carbocycles. The summed E-state index contributed by atoms with van der Waals surface area (Å²) in [4.78, 5) is 13.7. The third kappa shape index (κ3) is 3.44. The number of fused-ring (bicyclic) bond motifs is 1. The third-order valence-corrected chi connectivity index (χ3v) is 5.34. The van der Waals surface area contributed by atoms with Crippen molar-refractivity contribution in [2.75, 3.05) is 14.2 Å². The molecule has 27 heavy (non-hydrogen) atoms. The first-order valence-electron chi connectivity index (χ1n) is 9.23. The van der Waals surface area contributed by atoms with E-state index in [4.69, 9.17) is 14.7 Å². The maximum Gasteiger partial charge on any atom is 0.158 e. The molecule has 0 fully saturated rings. The number of halogens is 1. The molecule has 0 bridgehead atoms. The van der Waals surface area contributed by atoms with Crippen LogP contribution in [0.25, 0.3) is 0 Å². The van der Waals surface area contributed by atoms with Crippen LogP contribution < -0.4 is 5.32 Å². The number of hydrogen-bond donors (Lipinski definition) is 1. The highest BCUT2D eigenvalue weighted by molar-refractivity contribution is 6.09. The lowest BCUT2D eigenvalue weighted by molar-refractivity contribution is 0.279. The Hall–Kier alpha value is -2.76. The van der Waals surface area contributed by atoms with Crippen LogP contribution in [0.2, 0.25) is 0 Å². The van der Waals surface area contributed by atoms with Crippen molar-refractivity contribution in [3.05, 3.63) is 65.7 Å². The van der Waals surface area contributed by atoms with E-state index < -0.39 is 6.17 Å². The highest BCUT2D eigenvalue weighted by atomic mass is 19.1. The van der Waals surface area contributed by atoms with Gasteiger partial charge in [0.25, 0.3) is 0 Å². The first-order valence-corrected chi connectivity index (χ1v) is 9.23. The Morgan fingerprint density at radius 1 is 1.26 bits per heavy atom. The predicted molar refractivity (Wildman–Crippen MR) is 104 cm³/mol. The Balaban J connectivity index is 1.64. The largest absolute Gasteiger partial charge is 0.497 e. The molecule has 1 aliphatic heterocycles. The van der Waals surface area contributed by atoms with Crippen molar-refractivity contribution in [1.82, 2.24) is 10.3 Å². The minimum Gasteiger partial charge on any atom is -0.497 e. The molecule has 1 N–H and O–H groups in total. The van der Waals surface area contributed by atoms with Gasteiger partial charge in [-0.05, 0) is 43.2 Å².